The molecule has 0 aromatic heterocycles. The van der Waals surface area contributed by atoms with E-state index in [0.717, 1.165) is 22.9 Å². The Bertz CT molecular complexity index is 894. The zero-order valence-corrected chi connectivity index (χ0v) is 15.9. The molecule has 3 rings (SSSR count). The van der Waals surface area contributed by atoms with Gasteiger partial charge in [-0.2, -0.15) is 0 Å². The molecule has 2 aromatic carbocycles. The van der Waals surface area contributed by atoms with Crippen LogP contribution in [0, 0.1) is 6.92 Å². The first-order chi connectivity index (χ1) is 11.8. The molecule has 8 heteroatoms. The summed E-state index contributed by atoms with van der Waals surface area (Å²) in [6, 6.07) is 11.4. The van der Waals surface area contributed by atoms with Gasteiger partial charge in [-0.25, -0.2) is 13.2 Å². The largest absolute Gasteiger partial charge is 0.335 e. The van der Waals surface area contributed by atoms with Gasteiger partial charge in [0.05, 0.1) is 4.90 Å². The average Bonchev–Trinajstić information content (AvgIpc) is 3.35. The molecule has 2 amide bonds. The number of aryl methyl sites for hydroxylation is 1. The minimum Gasteiger partial charge on any atom is -0.335 e. The number of carbonyl (C=O) groups excluding carboxylic acids is 1. The Morgan fingerprint density at radius 3 is 2.32 bits per heavy atom. The van der Waals surface area contributed by atoms with Crippen LogP contribution in [0.1, 0.15) is 18.4 Å². The van der Waals surface area contributed by atoms with Crippen LogP contribution in [0.2, 0.25) is 0 Å². The number of halogens is 1. The van der Waals surface area contributed by atoms with E-state index in [1.807, 2.05) is 6.92 Å². The van der Waals surface area contributed by atoms with Crippen molar-refractivity contribution in [2.24, 2.45) is 0 Å². The molecule has 0 heterocycles. The van der Waals surface area contributed by atoms with Crippen molar-refractivity contribution in [1.29, 1.82) is 0 Å². The normalized spacial score (nSPS) is 14.0. The molecule has 3 N–H and O–H groups in total. The minimum absolute atomic E-state index is 0.194. The molecule has 1 fully saturated rings. The lowest BCUT2D eigenvalue weighted by molar-refractivity contribution is 0.251. The molecule has 0 bridgehead atoms. The number of nitrogens with one attached hydrogen (secondary N) is 3. The predicted molar refractivity (Wildman–Crippen MR) is 101 cm³/mol. The highest BCUT2D eigenvalue weighted by molar-refractivity contribution is 9.10. The lowest BCUT2D eigenvalue weighted by atomic mass is 10.2. The van der Waals surface area contributed by atoms with Gasteiger partial charge in [0, 0.05) is 21.9 Å². The zero-order chi connectivity index (χ0) is 18.0. The molecule has 0 radical (unpaired) electrons. The van der Waals surface area contributed by atoms with E-state index < -0.39 is 10.0 Å². The summed E-state index contributed by atoms with van der Waals surface area (Å²) in [6.45, 7) is 1.83. The lowest BCUT2D eigenvalue weighted by Crippen LogP contribution is -2.30. The number of hydrogen-bond acceptors (Lipinski definition) is 3. The van der Waals surface area contributed by atoms with Gasteiger partial charge in [0.15, 0.2) is 0 Å². The summed E-state index contributed by atoms with van der Waals surface area (Å²) >= 11 is 3.35. The molecular weight excluding hydrogens is 406 g/mol. The molecular formula is C17H18BrN3O3S. The van der Waals surface area contributed by atoms with Crippen molar-refractivity contribution in [2.75, 3.05) is 10.0 Å². The maximum absolute atomic E-state index is 12.4. The molecule has 6 nitrogen and oxygen atoms in total. The van der Waals surface area contributed by atoms with Gasteiger partial charge in [0.2, 0.25) is 0 Å². The van der Waals surface area contributed by atoms with Crippen molar-refractivity contribution >= 4 is 43.4 Å². The summed E-state index contributed by atoms with van der Waals surface area (Å²) in [6.07, 6.45) is 2.04. The molecule has 0 saturated heterocycles. The Balaban J connectivity index is 1.67. The molecule has 0 spiro atoms. The predicted octanol–water partition coefficient (Wildman–Crippen LogP) is 3.84. The quantitative estimate of drug-likeness (QED) is 0.682. The van der Waals surface area contributed by atoms with Crippen LogP contribution < -0.4 is 15.4 Å². The van der Waals surface area contributed by atoms with Crippen LogP contribution in [0.4, 0.5) is 16.2 Å². The van der Waals surface area contributed by atoms with Gasteiger partial charge in [-0.1, -0.05) is 15.9 Å². The second-order valence-electron chi connectivity index (χ2n) is 5.97. The maximum atomic E-state index is 12.4. The van der Waals surface area contributed by atoms with Crippen LogP contribution in [-0.2, 0) is 10.0 Å². The highest BCUT2D eigenvalue weighted by Gasteiger charge is 2.23. The number of anilines is 2. The molecule has 0 unspecified atom stereocenters. The topological polar surface area (TPSA) is 87.3 Å². The summed E-state index contributed by atoms with van der Waals surface area (Å²) < 4.78 is 28.3. The number of urea groups is 1. The smallest absolute Gasteiger partial charge is 0.319 e. The number of carbonyl (C=O) groups is 1. The number of sulfonamides is 1. The SMILES string of the molecule is Cc1cc(S(=O)(=O)Nc2ccc(NC(=O)NC3CC3)cc2)ccc1Br. The molecule has 1 aliphatic rings. The highest BCUT2D eigenvalue weighted by Crippen LogP contribution is 2.23. The number of rotatable bonds is 5. The van der Waals surface area contributed by atoms with Gasteiger partial charge in [0.1, 0.15) is 0 Å². The Morgan fingerprint density at radius 1 is 1.08 bits per heavy atom. The van der Waals surface area contributed by atoms with E-state index in [4.69, 9.17) is 0 Å². The van der Waals surface area contributed by atoms with Crippen molar-refractivity contribution in [3.63, 3.8) is 0 Å². The van der Waals surface area contributed by atoms with E-state index in [1.54, 1.807) is 36.4 Å². The van der Waals surface area contributed by atoms with Crippen LogP contribution in [0.3, 0.4) is 0 Å². The molecule has 132 valence electrons. The van der Waals surface area contributed by atoms with Gasteiger partial charge in [-0.15, -0.1) is 0 Å². The Hall–Kier alpha value is -2.06. The van der Waals surface area contributed by atoms with Crippen LogP contribution in [0.25, 0.3) is 0 Å². The maximum Gasteiger partial charge on any atom is 0.319 e. The van der Waals surface area contributed by atoms with Crippen LogP contribution in [-0.4, -0.2) is 20.5 Å². The molecule has 1 aliphatic carbocycles. The van der Waals surface area contributed by atoms with Gasteiger partial charge < -0.3 is 10.6 Å². The van der Waals surface area contributed by atoms with E-state index in [0.29, 0.717) is 11.4 Å². The third kappa shape index (κ3) is 4.73. The summed E-state index contributed by atoms with van der Waals surface area (Å²) in [5.74, 6) is 0. The monoisotopic (exact) mass is 423 g/mol. The Kier molecular flexibility index (Phi) is 5.01. The van der Waals surface area contributed by atoms with Crippen molar-refractivity contribution in [1.82, 2.24) is 5.32 Å². The van der Waals surface area contributed by atoms with E-state index in [2.05, 4.69) is 31.3 Å². The third-order valence-electron chi connectivity index (χ3n) is 3.75. The van der Waals surface area contributed by atoms with E-state index >= 15 is 0 Å². The third-order valence-corrected chi connectivity index (χ3v) is 6.02. The highest BCUT2D eigenvalue weighted by atomic mass is 79.9. The molecule has 1 saturated carbocycles. The fraction of sp³-hybridized carbons (Fsp3) is 0.235. The van der Waals surface area contributed by atoms with Crippen molar-refractivity contribution in [2.45, 2.75) is 30.7 Å². The number of benzene rings is 2. The van der Waals surface area contributed by atoms with Gasteiger partial charge in [-0.3, -0.25) is 4.72 Å². The summed E-state index contributed by atoms with van der Waals surface area (Å²) in [5.41, 5.74) is 1.86. The first-order valence-electron chi connectivity index (χ1n) is 7.80. The second-order valence-corrected chi connectivity index (χ2v) is 8.50. The summed E-state index contributed by atoms with van der Waals surface area (Å²) in [5, 5.41) is 5.54. The Labute approximate surface area is 155 Å². The minimum atomic E-state index is -3.67. The molecule has 0 aliphatic heterocycles. The van der Waals surface area contributed by atoms with Crippen LogP contribution in [0.5, 0.6) is 0 Å². The van der Waals surface area contributed by atoms with E-state index in [9.17, 15) is 13.2 Å². The van der Waals surface area contributed by atoms with Gasteiger partial charge in [0.25, 0.3) is 10.0 Å². The fourth-order valence-electron chi connectivity index (χ4n) is 2.20. The van der Waals surface area contributed by atoms with E-state index in [1.165, 1.54) is 6.07 Å². The van der Waals surface area contributed by atoms with Crippen LogP contribution >= 0.6 is 15.9 Å². The Morgan fingerprint density at radius 2 is 1.72 bits per heavy atom. The first-order valence-corrected chi connectivity index (χ1v) is 10.1. The first kappa shape index (κ1) is 17.8. The summed E-state index contributed by atoms with van der Waals surface area (Å²) in [7, 11) is -3.67. The van der Waals surface area contributed by atoms with Crippen molar-refractivity contribution in [3.8, 4) is 0 Å². The molecule has 25 heavy (non-hydrogen) atoms. The lowest BCUT2D eigenvalue weighted by Gasteiger charge is -2.11. The van der Waals surface area contributed by atoms with E-state index in [-0.39, 0.29) is 17.0 Å². The standard InChI is InChI=1S/C17H18BrN3O3S/c1-11-10-15(8-9-16(11)18)25(23,24)21-14-6-4-13(5-7-14)20-17(22)19-12-2-3-12/h4-10,12,21H,2-3H2,1H3,(H2,19,20,22). The van der Waals surface area contributed by atoms with Crippen LogP contribution in [0.15, 0.2) is 51.8 Å². The number of hydrogen-bond donors (Lipinski definition) is 3. The molecule has 2 aromatic rings. The molecule has 0 atom stereocenters. The number of amides is 2. The van der Waals surface area contributed by atoms with Gasteiger partial charge in [-0.05, 0) is 67.8 Å². The van der Waals surface area contributed by atoms with Crippen molar-refractivity contribution < 1.29 is 13.2 Å². The fourth-order valence-corrected chi connectivity index (χ4v) is 3.59. The van der Waals surface area contributed by atoms with Crippen molar-refractivity contribution in [3.05, 3.63) is 52.5 Å². The average molecular weight is 424 g/mol. The van der Waals surface area contributed by atoms with Gasteiger partial charge >= 0.3 is 6.03 Å². The zero-order valence-electron chi connectivity index (χ0n) is 13.5. The summed E-state index contributed by atoms with van der Waals surface area (Å²) in [4.78, 5) is 11.9. The second kappa shape index (κ2) is 7.05.